The highest BCUT2D eigenvalue weighted by Crippen LogP contribution is 2.16. The summed E-state index contributed by atoms with van der Waals surface area (Å²) in [6.07, 6.45) is 0. The lowest BCUT2D eigenvalue weighted by Crippen LogP contribution is -2.51. The van der Waals surface area contributed by atoms with Crippen molar-refractivity contribution in [1.29, 1.82) is 0 Å². The Bertz CT molecular complexity index is 788. The van der Waals surface area contributed by atoms with E-state index in [0.29, 0.717) is 31.7 Å². The van der Waals surface area contributed by atoms with E-state index in [4.69, 9.17) is 4.74 Å². The first-order chi connectivity index (χ1) is 12.5. The third kappa shape index (κ3) is 4.17. The molecule has 0 aromatic heterocycles. The molecule has 0 bridgehead atoms. The molecule has 1 saturated heterocycles. The van der Waals surface area contributed by atoms with Crippen molar-refractivity contribution in [2.24, 2.45) is 0 Å². The average molecular weight is 360 g/mol. The minimum atomic E-state index is -0.519. The summed E-state index contributed by atoms with van der Waals surface area (Å²) < 4.78 is 31.7. The highest BCUT2D eigenvalue weighted by Gasteiger charge is 2.25. The Morgan fingerprint density at radius 3 is 2.15 bits per heavy atom. The van der Waals surface area contributed by atoms with Gasteiger partial charge in [-0.15, -0.1) is 0 Å². The molecule has 0 unspecified atom stereocenters. The second-order valence-electron chi connectivity index (χ2n) is 5.90. The summed E-state index contributed by atoms with van der Waals surface area (Å²) in [4.78, 5) is 27.8. The zero-order valence-corrected chi connectivity index (χ0v) is 14.0. The summed E-state index contributed by atoms with van der Waals surface area (Å²) >= 11 is 0. The van der Waals surface area contributed by atoms with E-state index in [-0.39, 0.29) is 24.2 Å². The van der Waals surface area contributed by atoms with Crippen molar-refractivity contribution in [2.75, 3.05) is 32.8 Å². The molecule has 0 aliphatic carbocycles. The van der Waals surface area contributed by atoms with Gasteiger partial charge in [0, 0.05) is 31.7 Å². The van der Waals surface area contributed by atoms with Crippen LogP contribution in [-0.2, 0) is 4.79 Å². The minimum absolute atomic E-state index is 0.0333. The monoisotopic (exact) mass is 360 g/mol. The number of ether oxygens (including phenoxy) is 1. The number of hydrogen-bond acceptors (Lipinski definition) is 3. The fourth-order valence-electron chi connectivity index (χ4n) is 2.73. The second kappa shape index (κ2) is 7.95. The van der Waals surface area contributed by atoms with Crippen LogP contribution in [0, 0.1) is 11.6 Å². The van der Waals surface area contributed by atoms with E-state index in [2.05, 4.69) is 0 Å². The molecule has 1 heterocycles. The molecule has 0 spiro atoms. The number of halogens is 2. The first-order valence-corrected chi connectivity index (χ1v) is 8.24. The number of hydrogen-bond donors (Lipinski definition) is 0. The van der Waals surface area contributed by atoms with Crippen LogP contribution in [0.2, 0.25) is 0 Å². The molecule has 26 heavy (non-hydrogen) atoms. The molecule has 0 saturated carbocycles. The van der Waals surface area contributed by atoms with Crippen LogP contribution < -0.4 is 4.74 Å². The van der Waals surface area contributed by atoms with Gasteiger partial charge in [-0.25, -0.2) is 8.78 Å². The fraction of sp³-hybridized carbons (Fsp3) is 0.263. The summed E-state index contributed by atoms with van der Waals surface area (Å²) in [6, 6.07) is 11.3. The number of amides is 2. The Labute approximate surface area is 149 Å². The molecule has 1 fully saturated rings. The minimum Gasteiger partial charge on any atom is -0.481 e. The van der Waals surface area contributed by atoms with E-state index in [9.17, 15) is 18.4 Å². The van der Waals surface area contributed by atoms with Crippen molar-refractivity contribution in [3.05, 3.63) is 65.7 Å². The standard InChI is InChI=1S/C19H18F2N2O3/c20-15-7-5-14(6-8-15)19(25)23-11-9-22(10-12-23)18(24)13-26-17-4-2-1-3-16(17)21/h1-8H,9-13H2. The Kier molecular flexibility index (Phi) is 5.46. The zero-order chi connectivity index (χ0) is 18.5. The van der Waals surface area contributed by atoms with Crippen molar-refractivity contribution in [1.82, 2.24) is 9.80 Å². The largest absolute Gasteiger partial charge is 0.481 e. The first kappa shape index (κ1) is 17.8. The first-order valence-electron chi connectivity index (χ1n) is 8.24. The maximum absolute atomic E-state index is 13.5. The zero-order valence-electron chi connectivity index (χ0n) is 14.0. The summed E-state index contributed by atoms with van der Waals surface area (Å²) in [5.74, 6) is -1.34. The van der Waals surface area contributed by atoms with Gasteiger partial charge in [-0.05, 0) is 36.4 Å². The van der Waals surface area contributed by atoms with E-state index in [0.717, 1.165) is 0 Å². The van der Waals surface area contributed by atoms with Crippen LogP contribution in [0.3, 0.4) is 0 Å². The van der Waals surface area contributed by atoms with Crippen LogP contribution >= 0.6 is 0 Å². The third-order valence-corrected chi connectivity index (χ3v) is 4.20. The highest BCUT2D eigenvalue weighted by molar-refractivity contribution is 5.94. The van der Waals surface area contributed by atoms with E-state index < -0.39 is 11.6 Å². The number of piperazine rings is 1. The Morgan fingerprint density at radius 1 is 0.885 bits per heavy atom. The van der Waals surface area contributed by atoms with E-state index in [1.54, 1.807) is 21.9 Å². The number of para-hydroxylation sites is 1. The Morgan fingerprint density at radius 2 is 1.50 bits per heavy atom. The predicted octanol–water partition coefficient (Wildman–Crippen LogP) is 2.33. The summed E-state index contributed by atoms with van der Waals surface area (Å²) in [6.45, 7) is 1.23. The molecule has 7 heteroatoms. The summed E-state index contributed by atoms with van der Waals surface area (Å²) in [5, 5.41) is 0. The van der Waals surface area contributed by atoms with Crippen LogP contribution in [0.5, 0.6) is 5.75 Å². The summed E-state index contributed by atoms with van der Waals surface area (Å²) in [5.41, 5.74) is 0.411. The molecule has 2 aromatic rings. The molecule has 2 aromatic carbocycles. The molecule has 136 valence electrons. The molecule has 1 aliphatic rings. The molecule has 3 rings (SSSR count). The number of rotatable bonds is 4. The van der Waals surface area contributed by atoms with Crippen molar-refractivity contribution >= 4 is 11.8 Å². The lowest BCUT2D eigenvalue weighted by atomic mass is 10.2. The summed E-state index contributed by atoms with van der Waals surface area (Å²) in [7, 11) is 0. The van der Waals surface area contributed by atoms with Crippen LogP contribution in [0.1, 0.15) is 10.4 Å². The average Bonchev–Trinajstić information content (AvgIpc) is 2.67. The number of carbonyl (C=O) groups excluding carboxylic acids is 2. The van der Waals surface area contributed by atoms with Crippen LogP contribution in [0.4, 0.5) is 8.78 Å². The van der Waals surface area contributed by atoms with Gasteiger partial charge in [0.15, 0.2) is 18.2 Å². The van der Waals surface area contributed by atoms with Crippen LogP contribution in [-0.4, -0.2) is 54.4 Å². The van der Waals surface area contributed by atoms with Gasteiger partial charge in [-0.1, -0.05) is 12.1 Å². The maximum Gasteiger partial charge on any atom is 0.260 e. The number of benzene rings is 2. The predicted molar refractivity (Wildman–Crippen MR) is 90.8 cm³/mol. The Hall–Kier alpha value is -2.96. The Balaban J connectivity index is 1.50. The lowest BCUT2D eigenvalue weighted by molar-refractivity contribution is -0.134. The molecule has 1 aliphatic heterocycles. The van der Waals surface area contributed by atoms with Crippen molar-refractivity contribution in [3.8, 4) is 5.75 Å². The molecule has 0 atom stereocenters. The molecular weight excluding hydrogens is 342 g/mol. The third-order valence-electron chi connectivity index (χ3n) is 4.20. The molecular formula is C19H18F2N2O3. The van der Waals surface area contributed by atoms with Crippen molar-refractivity contribution in [3.63, 3.8) is 0 Å². The molecule has 2 amide bonds. The van der Waals surface area contributed by atoms with Gasteiger partial charge in [0.05, 0.1) is 0 Å². The quantitative estimate of drug-likeness (QED) is 0.841. The number of carbonyl (C=O) groups is 2. The maximum atomic E-state index is 13.5. The van der Waals surface area contributed by atoms with Crippen LogP contribution in [0.25, 0.3) is 0 Å². The second-order valence-corrected chi connectivity index (χ2v) is 5.90. The van der Waals surface area contributed by atoms with E-state index in [1.807, 2.05) is 0 Å². The number of nitrogens with zero attached hydrogens (tertiary/aromatic N) is 2. The molecule has 0 radical (unpaired) electrons. The van der Waals surface area contributed by atoms with Gasteiger partial charge in [0.2, 0.25) is 0 Å². The van der Waals surface area contributed by atoms with Crippen molar-refractivity contribution < 1.29 is 23.1 Å². The topological polar surface area (TPSA) is 49.9 Å². The normalized spacial score (nSPS) is 14.2. The van der Waals surface area contributed by atoms with Crippen molar-refractivity contribution in [2.45, 2.75) is 0 Å². The van der Waals surface area contributed by atoms with Gasteiger partial charge in [0.1, 0.15) is 5.82 Å². The van der Waals surface area contributed by atoms with E-state index >= 15 is 0 Å². The van der Waals surface area contributed by atoms with Crippen LogP contribution in [0.15, 0.2) is 48.5 Å². The van der Waals surface area contributed by atoms with Gasteiger partial charge in [-0.3, -0.25) is 9.59 Å². The smallest absolute Gasteiger partial charge is 0.260 e. The van der Waals surface area contributed by atoms with Gasteiger partial charge < -0.3 is 14.5 Å². The lowest BCUT2D eigenvalue weighted by Gasteiger charge is -2.34. The van der Waals surface area contributed by atoms with E-state index in [1.165, 1.54) is 36.4 Å². The SMILES string of the molecule is O=C(COc1ccccc1F)N1CCN(C(=O)c2ccc(F)cc2)CC1. The fourth-order valence-corrected chi connectivity index (χ4v) is 2.73. The molecule has 5 nitrogen and oxygen atoms in total. The highest BCUT2D eigenvalue weighted by atomic mass is 19.1. The molecule has 0 N–H and O–H groups in total. The van der Waals surface area contributed by atoms with Gasteiger partial charge in [-0.2, -0.15) is 0 Å². The van der Waals surface area contributed by atoms with Gasteiger partial charge in [0.25, 0.3) is 11.8 Å². The van der Waals surface area contributed by atoms with Gasteiger partial charge >= 0.3 is 0 Å².